The number of imide groups is 1. The average molecular weight is 648 g/mol. The number of ether oxygens (including phenoxy) is 3. The van der Waals surface area contributed by atoms with E-state index in [0.717, 1.165) is 13.1 Å². The Labute approximate surface area is 279 Å². The second-order valence-electron chi connectivity index (χ2n) is 11.7. The number of anilines is 1. The normalized spacial score (nSPS) is 17.1. The van der Waals surface area contributed by atoms with E-state index in [9.17, 15) is 19.2 Å². The lowest BCUT2D eigenvalue weighted by Crippen LogP contribution is -2.53. The molecule has 0 bridgehead atoms. The summed E-state index contributed by atoms with van der Waals surface area (Å²) in [6.45, 7) is 2.34. The molecule has 0 N–H and O–H groups in total. The third-order valence-corrected chi connectivity index (χ3v) is 8.91. The molecule has 10 heteroatoms. The molecule has 0 radical (unpaired) electrons. The fourth-order valence-electron chi connectivity index (χ4n) is 6.42. The van der Waals surface area contributed by atoms with E-state index in [4.69, 9.17) is 14.2 Å². The van der Waals surface area contributed by atoms with E-state index in [1.54, 1.807) is 24.3 Å². The smallest absolute Gasteiger partial charge is 0.338 e. The number of methoxy groups -OCH3 is 2. The highest BCUT2D eigenvalue weighted by molar-refractivity contribution is 6.22. The summed E-state index contributed by atoms with van der Waals surface area (Å²) in [6.07, 6.45) is 0.0989. The minimum atomic E-state index is -0.700. The highest BCUT2D eigenvalue weighted by Gasteiger charge is 2.44. The van der Waals surface area contributed by atoms with Gasteiger partial charge >= 0.3 is 5.97 Å². The van der Waals surface area contributed by atoms with Crippen molar-refractivity contribution < 1.29 is 33.4 Å². The maximum atomic E-state index is 13.6. The van der Waals surface area contributed by atoms with Crippen LogP contribution in [0, 0.1) is 0 Å². The van der Waals surface area contributed by atoms with Crippen molar-refractivity contribution in [2.45, 2.75) is 18.5 Å². The minimum Gasteiger partial charge on any atom is -0.493 e. The van der Waals surface area contributed by atoms with Gasteiger partial charge in [0.25, 0.3) is 5.91 Å². The molecule has 2 saturated heterocycles. The van der Waals surface area contributed by atoms with Crippen molar-refractivity contribution in [3.05, 3.63) is 125 Å². The number of piperazine rings is 1. The van der Waals surface area contributed by atoms with Crippen LogP contribution in [0.5, 0.6) is 11.5 Å². The topological polar surface area (TPSA) is 106 Å². The summed E-state index contributed by atoms with van der Waals surface area (Å²) < 4.78 is 15.7. The number of carbonyl (C=O) groups is 4. The summed E-state index contributed by atoms with van der Waals surface area (Å²) >= 11 is 0. The van der Waals surface area contributed by atoms with Gasteiger partial charge in [-0.15, -0.1) is 0 Å². The van der Waals surface area contributed by atoms with Gasteiger partial charge in [-0.05, 0) is 53.6 Å². The Balaban J connectivity index is 1.06. The molecule has 10 nitrogen and oxygen atoms in total. The zero-order chi connectivity index (χ0) is 33.6. The third-order valence-electron chi connectivity index (χ3n) is 8.91. The first-order valence-corrected chi connectivity index (χ1v) is 15.8. The molecule has 0 aliphatic carbocycles. The summed E-state index contributed by atoms with van der Waals surface area (Å²) in [5.74, 6) is -0.792. The monoisotopic (exact) mass is 647 g/mol. The summed E-state index contributed by atoms with van der Waals surface area (Å²) in [7, 11) is 2.96. The Kier molecular flexibility index (Phi) is 9.94. The van der Waals surface area contributed by atoms with E-state index in [0.29, 0.717) is 35.8 Å². The number of nitrogens with zero attached hydrogens (tertiary/aromatic N) is 3. The number of rotatable bonds is 11. The van der Waals surface area contributed by atoms with Gasteiger partial charge in [0, 0.05) is 31.7 Å². The molecule has 48 heavy (non-hydrogen) atoms. The molecule has 6 rings (SSSR count). The standard InChI is InChI=1S/C38H37N3O7/c1-46-33-18-15-29(23-34(33)47-2)32(42)25-48-38(45)28-13-16-30(17-14-28)41-35(43)24-31(37(41)44)39-19-21-40(22-20-39)36(26-9-5-3-6-10-26)27-11-7-4-8-12-27/h3-18,23,31,36H,19-22,24-25H2,1-2H3. The first-order valence-electron chi connectivity index (χ1n) is 15.8. The van der Waals surface area contributed by atoms with Crippen molar-refractivity contribution >= 4 is 29.3 Å². The van der Waals surface area contributed by atoms with Crippen LogP contribution in [-0.2, 0) is 14.3 Å². The molecule has 2 fully saturated rings. The van der Waals surface area contributed by atoms with Crippen LogP contribution >= 0.6 is 0 Å². The Morgan fingerprint density at radius 3 is 1.90 bits per heavy atom. The van der Waals surface area contributed by atoms with Crippen molar-refractivity contribution in [3.63, 3.8) is 0 Å². The number of hydrogen-bond acceptors (Lipinski definition) is 9. The van der Waals surface area contributed by atoms with Gasteiger partial charge in [-0.2, -0.15) is 0 Å². The first-order chi connectivity index (χ1) is 23.4. The Morgan fingerprint density at radius 2 is 1.31 bits per heavy atom. The molecule has 2 aliphatic rings. The molecule has 0 saturated carbocycles. The number of esters is 1. The predicted molar refractivity (Wildman–Crippen MR) is 179 cm³/mol. The molecule has 4 aromatic carbocycles. The first kappa shape index (κ1) is 32.6. The Hall–Kier alpha value is -5.32. The third kappa shape index (κ3) is 6.85. The van der Waals surface area contributed by atoms with Crippen LogP contribution in [0.1, 0.15) is 44.3 Å². The van der Waals surface area contributed by atoms with E-state index in [1.165, 1.54) is 48.4 Å². The highest BCUT2D eigenvalue weighted by atomic mass is 16.5. The maximum absolute atomic E-state index is 13.6. The number of amides is 2. The van der Waals surface area contributed by atoms with Gasteiger partial charge in [0.1, 0.15) is 0 Å². The molecule has 2 amide bonds. The number of ketones is 1. The number of carbonyl (C=O) groups excluding carboxylic acids is 4. The van der Waals surface area contributed by atoms with Crippen LogP contribution in [-0.4, -0.2) is 86.4 Å². The second kappa shape index (κ2) is 14.6. The van der Waals surface area contributed by atoms with Gasteiger partial charge in [0.15, 0.2) is 23.9 Å². The van der Waals surface area contributed by atoms with Gasteiger partial charge in [-0.25, -0.2) is 9.69 Å². The molecule has 4 aromatic rings. The lowest BCUT2D eigenvalue weighted by molar-refractivity contribution is -0.123. The van der Waals surface area contributed by atoms with E-state index in [-0.39, 0.29) is 29.8 Å². The zero-order valence-electron chi connectivity index (χ0n) is 26.9. The molecular weight excluding hydrogens is 610 g/mol. The largest absolute Gasteiger partial charge is 0.493 e. The molecule has 0 aromatic heterocycles. The Morgan fingerprint density at radius 1 is 0.729 bits per heavy atom. The van der Waals surface area contributed by atoms with Crippen LogP contribution in [0.15, 0.2) is 103 Å². The van der Waals surface area contributed by atoms with E-state index >= 15 is 0 Å². The van der Waals surface area contributed by atoms with Crippen molar-refractivity contribution in [3.8, 4) is 11.5 Å². The molecule has 246 valence electrons. The predicted octanol–water partition coefficient (Wildman–Crippen LogP) is 4.78. The zero-order valence-corrected chi connectivity index (χ0v) is 26.9. The summed E-state index contributed by atoms with van der Waals surface area (Å²) in [5.41, 5.74) is 3.32. The second-order valence-corrected chi connectivity index (χ2v) is 11.7. The number of benzene rings is 4. The van der Waals surface area contributed by atoms with E-state index < -0.39 is 24.4 Å². The van der Waals surface area contributed by atoms with Crippen LogP contribution in [0.25, 0.3) is 0 Å². The Bertz CT molecular complexity index is 1730. The SMILES string of the molecule is COc1ccc(C(=O)COC(=O)c2ccc(N3C(=O)CC(N4CCN(C(c5ccccc5)c5ccccc5)CC4)C3=O)cc2)cc1OC. The van der Waals surface area contributed by atoms with Gasteiger partial charge < -0.3 is 14.2 Å². The van der Waals surface area contributed by atoms with Crippen LogP contribution in [0.4, 0.5) is 5.69 Å². The maximum Gasteiger partial charge on any atom is 0.338 e. The van der Waals surface area contributed by atoms with Crippen LogP contribution in [0.3, 0.4) is 0 Å². The number of hydrogen-bond donors (Lipinski definition) is 0. The van der Waals surface area contributed by atoms with Crippen molar-refractivity contribution in [1.29, 1.82) is 0 Å². The van der Waals surface area contributed by atoms with E-state index in [1.807, 2.05) is 12.1 Å². The van der Waals surface area contributed by atoms with Crippen molar-refractivity contribution in [2.75, 3.05) is 51.9 Å². The van der Waals surface area contributed by atoms with E-state index in [2.05, 4.69) is 58.3 Å². The molecule has 1 unspecified atom stereocenters. The van der Waals surface area contributed by atoms with Crippen molar-refractivity contribution in [2.24, 2.45) is 0 Å². The fraction of sp³-hybridized carbons (Fsp3) is 0.263. The lowest BCUT2D eigenvalue weighted by Gasteiger charge is -2.41. The van der Waals surface area contributed by atoms with Crippen LogP contribution < -0.4 is 14.4 Å². The fourth-order valence-corrected chi connectivity index (χ4v) is 6.42. The molecule has 2 aliphatic heterocycles. The van der Waals surface area contributed by atoms with Gasteiger partial charge in [-0.3, -0.25) is 24.2 Å². The lowest BCUT2D eigenvalue weighted by atomic mass is 9.96. The van der Waals surface area contributed by atoms with Gasteiger partial charge in [0.2, 0.25) is 5.91 Å². The van der Waals surface area contributed by atoms with Gasteiger partial charge in [0.05, 0.1) is 44.0 Å². The van der Waals surface area contributed by atoms with Crippen molar-refractivity contribution in [1.82, 2.24) is 9.80 Å². The molecule has 0 spiro atoms. The molecule has 1 atom stereocenters. The average Bonchev–Trinajstić information content (AvgIpc) is 3.44. The van der Waals surface area contributed by atoms with Gasteiger partial charge in [-0.1, -0.05) is 60.7 Å². The molecular formula is C38H37N3O7. The minimum absolute atomic E-state index is 0.0984. The summed E-state index contributed by atoms with van der Waals surface area (Å²) in [6, 6.07) is 31.1. The summed E-state index contributed by atoms with van der Waals surface area (Å²) in [5, 5.41) is 0. The highest BCUT2D eigenvalue weighted by Crippen LogP contribution is 2.32. The van der Waals surface area contributed by atoms with Crippen LogP contribution in [0.2, 0.25) is 0 Å². The number of Topliss-reactive ketones (excluding diaryl/α,β-unsaturated/α-hetero) is 1. The quantitative estimate of drug-likeness (QED) is 0.129. The molecule has 2 heterocycles. The summed E-state index contributed by atoms with van der Waals surface area (Å²) in [4.78, 5) is 57.8.